The Morgan fingerprint density at radius 1 is 1.12 bits per heavy atom. The third-order valence-electron chi connectivity index (χ3n) is 5.00. The first-order valence-corrected chi connectivity index (χ1v) is 9.77. The Labute approximate surface area is 181 Å². The number of nitro groups is 1. The molecule has 0 atom stereocenters. The van der Waals surface area contributed by atoms with E-state index in [1.165, 1.54) is 5.32 Å². The number of non-ortho nitro benzene ring substituents is 1. The monoisotopic (exact) mass is 451 g/mol. The summed E-state index contributed by atoms with van der Waals surface area (Å²) in [5.74, 6) is -3.31. The molecule has 3 rings (SSSR count). The lowest BCUT2D eigenvalue weighted by molar-refractivity contribution is -0.384. The summed E-state index contributed by atoms with van der Waals surface area (Å²) in [4.78, 5) is 36.2. The molecule has 1 fully saturated rings. The molecule has 1 aliphatic heterocycles. The standard InChI is InChI=1S/C21H20F3N3O5/c22-21(23,24)20(29)25-18-12-15(27(30)31)6-7-17(18)19(28)32-16-8-10-26(11-9-16)13-14-4-2-1-3-5-14/h1-7,12,16H,8-11,13H2,(H,25,29). The molecule has 170 valence electrons. The fraction of sp³-hybridized carbons (Fsp3) is 0.333. The molecule has 1 heterocycles. The van der Waals surface area contributed by atoms with Crippen molar-refractivity contribution in [3.63, 3.8) is 0 Å². The van der Waals surface area contributed by atoms with Gasteiger partial charge in [-0.3, -0.25) is 19.8 Å². The number of esters is 1. The minimum atomic E-state index is -5.22. The largest absolute Gasteiger partial charge is 0.471 e. The van der Waals surface area contributed by atoms with E-state index in [9.17, 15) is 32.9 Å². The Morgan fingerprint density at radius 2 is 1.78 bits per heavy atom. The molecule has 0 unspecified atom stereocenters. The van der Waals surface area contributed by atoms with Gasteiger partial charge in [0.05, 0.1) is 16.2 Å². The minimum absolute atomic E-state index is 0.389. The Hall–Kier alpha value is -3.47. The molecule has 0 spiro atoms. The Balaban J connectivity index is 1.65. The van der Waals surface area contributed by atoms with Gasteiger partial charge in [0, 0.05) is 31.8 Å². The first-order valence-electron chi connectivity index (χ1n) is 9.77. The van der Waals surface area contributed by atoms with Gasteiger partial charge in [-0.05, 0) is 24.5 Å². The van der Waals surface area contributed by atoms with Crippen LogP contribution in [0.25, 0.3) is 0 Å². The molecule has 0 bridgehead atoms. The van der Waals surface area contributed by atoms with E-state index in [1.54, 1.807) is 0 Å². The second-order valence-electron chi connectivity index (χ2n) is 7.31. The second-order valence-corrected chi connectivity index (χ2v) is 7.31. The summed E-state index contributed by atoms with van der Waals surface area (Å²) in [6.07, 6.45) is -4.64. The van der Waals surface area contributed by atoms with Crippen molar-refractivity contribution in [1.29, 1.82) is 0 Å². The quantitative estimate of drug-likeness (QED) is 0.406. The smallest absolute Gasteiger partial charge is 0.459 e. The fourth-order valence-corrected chi connectivity index (χ4v) is 3.36. The molecule has 2 aromatic rings. The molecule has 1 amide bonds. The Kier molecular flexibility index (Phi) is 7.08. The third kappa shape index (κ3) is 6.03. The summed E-state index contributed by atoms with van der Waals surface area (Å²) < 4.78 is 43.3. The van der Waals surface area contributed by atoms with Gasteiger partial charge in [-0.25, -0.2) is 4.79 Å². The molecular formula is C21H20F3N3O5. The first-order chi connectivity index (χ1) is 15.1. The highest BCUT2D eigenvalue weighted by Gasteiger charge is 2.39. The number of nitro benzene ring substituents is 1. The number of halogens is 3. The summed E-state index contributed by atoms with van der Waals surface area (Å²) in [7, 11) is 0. The van der Waals surface area contributed by atoms with E-state index in [1.807, 2.05) is 30.3 Å². The molecule has 0 saturated carbocycles. The molecule has 32 heavy (non-hydrogen) atoms. The number of hydrogen-bond donors (Lipinski definition) is 1. The zero-order valence-electron chi connectivity index (χ0n) is 16.8. The first kappa shape index (κ1) is 23.2. The Bertz CT molecular complexity index is 990. The number of piperidine rings is 1. The summed E-state index contributed by atoms with van der Waals surface area (Å²) in [6.45, 7) is 2.06. The maximum Gasteiger partial charge on any atom is 0.471 e. The van der Waals surface area contributed by atoms with Crippen molar-refractivity contribution in [2.75, 3.05) is 18.4 Å². The summed E-state index contributed by atoms with van der Waals surface area (Å²) in [5, 5.41) is 12.5. The summed E-state index contributed by atoms with van der Waals surface area (Å²) in [6, 6.07) is 12.5. The highest BCUT2D eigenvalue weighted by Crippen LogP contribution is 2.27. The molecule has 0 aliphatic carbocycles. The summed E-state index contributed by atoms with van der Waals surface area (Å²) >= 11 is 0. The van der Waals surface area contributed by atoms with Crippen LogP contribution in [-0.2, 0) is 16.1 Å². The molecular weight excluding hydrogens is 431 g/mol. The molecule has 11 heteroatoms. The number of rotatable bonds is 6. The number of nitrogens with zero attached hydrogens (tertiary/aromatic N) is 2. The fourth-order valence-electron chi connectivity index (χ4n) is 3.36. The number of carbonyl (C=O) groups excluding carboxylic acids is 2. The predicted octanol–water partition coefficient (Wildman–Crippen LogP) is 3.92. The lowest BCUT2D eigenvalue weighted by Gasteiger charge is -2.31. The van der Waals surface area contributed by atoms with Gasteiger partial charge in [-0.1, -0.05) is 30.3 Å². The highest BCUT2D eigenvalue weighted by atomic mass is 19.4. The SMILES string of the molecule is O=C(OC1CCN(Cc2ccccc2)CC1)c1ccc([N+](=O)[O-])cc1NC(=O)C(F)(F)F. The van der Waals surface area contributed by atoms with Gasteiger partial charge in [0.25, 0.3) is 5.69 Å². The van der Waals surface area contributed by atoms with E-state index < -0.39 is 40.5 Å². The number of ether oxygens (including phenoxy) is 1. The third-order valence-corrected chi connectivity index (χ3v) is 5.00. The van der Waals surface area contributed by atoms with Crippen LogP contribution in [0.4, 0.5) is 24.5 Å². The molecule has 8 nitrogen and oxygen atoms in total. The van der Waals surface area contributed by atoms with E-state index in [-0.39, 0.29) is 5.56 Å². The summed E-state index contributed by atoms with van der Waals surface area (Å²) in [5.41, 5.74) is -0.444. The van der Waals surface area contributed by atoms with E-state index >= 15 is 0 Å². The van der Waals surface area contributed by atoms with E-state index in [0.717, 1.165) is 24.2 Å². The van der Waals surface area contributed by atoms with Crippen LogP contribution in [0.2, 0.25) is 0 Å². The van der Waals surface area contributed by atoms with Gasteiger partial charge in [0.2, 0.25) is 0 Å². The van der Waals surface area contributed by atoms with Gasteiger partial charge in [0.15, 0.2) is 0 Å². The van der Waals surface area contributed by atoms with Crippen LogP contribution in [0, 0.1) is 10.1 Å². The van der Waals surface area contributed by atoms with Gasteiger partial charge < -0.3 is 10.1 Å². The van der Waals surface area contributed by atoms with Crippen molar-refractivity contribution >= 4 is 23.3 Å². The molecule has 0 radical (unpaired) electrons. The highest BCUT2D eigenvalue weighted by molar-refractivity contribution is 6.03. The van der Waals surface area contributed by atoms with Crippen molar-refractivity contribution in [3.8, 4) is 0 Å². The van der Waals surface area contributed by atoms with Crippen LogP contribution in [0.5, 0.6) is 0 Å². The number of benzene rings is 2. The number of hydrogen-bond acceptors (Lipinski definition) is 6. The number of anilines is 1. The normalized spacial score (nSPS) is 15.2. The van der Waals surface area contributed by atoms with Crippen molar-refractivity contribution in [2.45, 2.75) is 31.7 Å². The van der Waals surface area contributed by atoms with Crippen molar-refractivity contribution in [3.05, 3.63) is 69.8 Å². The average Bonchev–Trinajstić information content (AvgIpc) is 2.75. The van der Waals surface area contributed by atoms with Crippen molar-refractivity contribution < 1.29 is 32.4 Å². The predicted molar refractivity (Wildman–Crippen MR) is 108 cm³/mol. The minimum Gasteiger partial charge on any atom is -0.459 e. The van der Waals surface area contributed by atoms with Gasteiger partial charge >= 0.3 is 18.1 Å². The van der Waals surface area contributed by atoms with Crippen LogP contribution < -0.4 is 5.32 Å². The van der Waals surface area contributed by atoms with Crippen molar-refractivity contribution in [2.24, 2.45) is 0 Å². The molecule has 1 aliphatic rings. The molecule has 1 saturated heterocycles. The lowest BCUT2D eigenvalue weighted by Crippen LogP contribution is -2.37. The van der Waals surface area contributed by atoms with Crippen LogP contribution >= 0.6 is 0 Å². The number of carbonyl (C=O) groups is 2. The van der Waals surface area contributed by atoms with Crippen LogP contribution in [0.3, 0.4) is 0 Å². The molecule has 2 aromatic carbocycles. The van der Waals surface area contributed by atoms with E-state index in [2.05, 4.69) is 4.90 Å². The molecule has 0 aromatic heterocycles. The van der Waals surface area contributed by atoms with Gasteiger partial charge in [-0.2, -0.15) is 13.2 Å². The number of nitrogens with one attached hydrogen (secondary N) is 1. The number of alkyl halides is 3. The zero-order chi connectivity index (χ0) is 23.3. The van der Waals surface area contributed by atoms with Gasteiger partial charge in [-0.15, -0.1) is 0 Å². The van der Waals surface area contributed by atoms with Crippen LogP contribution in [-0.4, -0.2) is 47.1 Å². The second kappa shape index (κ2) is 9.77. The topological polar surface area (TPSA) is 102 Å². The number of amides is 1. The van der Waals surface area contributed by atoms with Crippen LogP contribution in [0.1, 0.15) is 28.8 Å². The zero-order valence-corrected chi connectivity index (χ0v) is 16.8. The maximum atomic E-state index is 12.6. The lowest BCUT2D eigenvalue weighted by atomic mass is 10.1. The number of likely N-dealkylation sites (tertiary alicyclic amines) is 1. The van der Waals surface area contributed by atoms with E-state index in [0.29, 0.717) is 32.0 Å². The van der Waals surface area contributed by atoms with Crippen molar-refractivity contribution in [1.82, 2.24) is 4.90 Å². The van der Waals surface area contributed by atoms with Crippen LogP contribution in [0.15, 0.2) is 48.5 Å². The maximum absolute atomic E-state index is 12.6. The Morgan fingerprint density at radius 3 is 2.38 bits per heavy atom. The van der Waals surface area contributed by atoms with Gasteiger partial charge in [0.1, 0.15) is 6.10 Å². The molecule has 1 N–H and O–H groups in total. The van der Waals surface area contributed by atoms with E-state index in [4.69, 9.17) is 4.74 Å². The average molecular weight is 451 g/mol.